The van der Waals surface area contributed by atoms with Gasteiger partial charge in [-0.05, 0) is 29.8 Å². The first-order chi connectivity index (χ1) is 13.3. The molecule has 0 radical (unpaired) electrons. The van der Waals surface area contributed by atoms with E-state index in [0.717, 1.165) is 15.7 Å². The van der Waals surface area contributed by atoms with Gasteiger partial charge >= 0.3 is 0 Å². The third-order valence-electron chi connectivity index (χ3n) is 4.71. The summed E-state index contributed by atoms with van der Waals surface area (Å²) in [7, 11) is 3.87. The molecule has 1 atom stereocenters. The largest absolute Gasteiger partial charge is 0.507 e. The van der Waals surface area contributed by atoms with Crippen molar-refractivity contribution in [3.8, 4) is 0 Å². The first kappa shape index (κ1) is 19.9. The number of likely N-dealkylation sites (tertiary alicyclic amines) is 1. The number of hydrogen-bond donors (Lipinski definition) is 1. The molecular weight excluding hydrogens is 420 g/mol. The fourth-order valence-corrected chi connectivity index (χ4v) is 3.54. The molecule has 1 unspecified atom stereocenters. The Bertz CT molecular complexity index is 947. The topological polar surface area (TPSA) is 60.9 Å². The number of ketones is 1. The fourth-order valence-electron chi connectivity index (χ4n) is 3.27. The summed E-state index contributed by atoms with van der Waals surface area (Å²) in [6, 6.07) is 13.9. The van der Waals surface area contributed by atoms with Crippen molar-refractivity contribution in [3.05, 3.63) is 82.4 Å². The van der Waals surface area contributed by atoms with Gasteiger partial charge in [-0.2, -0.15) is 0 Å². The molecule has 0 bridgehead atoms. The van der Waals surface area contributed by atoms with Crippen LogP contribution >= 0.6 is 15.9 Å². The molecule has 1 N–H and O–H groups in total. The number of carbonyl (C=O) groups excluding carboxylic acids is 2. The van der Waals surface area contributed by atoms with Crippen LogP contribution in [0.3, 0.4) is 0 Å². The van der Waals surface area contributed by atoms with Crippen molar-refractivity contribution in [1.82, 2.24) is 4.90 Å². The smallest absolute Gasteiger partial charge is 0.295 e. The van der Waals surface area contributed by atoms with Crippen LogP contribution in [0.15, 0.2) is 71.2 Å². The highest BCUT2D eigenvalue weighted by molar-refractivity contribution is 9.10. The van der Waals surface area contributed by atoms with Gasteiger partial charge in [-0.1, -0.05) is 46.3 Å². The van der Waals surface area contributed by atoms with E-state index < -0.39 is 17.7 Å². The van der Waals surface area contributed by atoms with Crippen LogP contribution in [0.25, 0.3) is 5.76 Å². The Balaban J connectivity index is 2.15. The van der Waals surface area contributed by atoms with Crippen LogP contribution in [0.5, 0.6) is 0 Å². The maximum absolute atomic E-state index is 12.8. The lowest BCUT2D eigenvalue weighted by molar-refractivity contribution is -0.139. The van der Waals surface area contributed by atoms with E-state index in [2.05, 4.69) is 22.5 Å². The van der Waals surface area contributed by atoms with E-state index in [1.807, 2.05) is 43.3 Å². The second-order valence-electron chi connectivity index (χ2n) is 6.73. The lowest BCUT2D eigenvalue weighted by atomic mass is 9.95. The Kier molecular flexibility index (Phi) is 5.70. The van der Waals surface area contributed by atoms with Crippen LogP contribution in [-0.4, -0.2) is 42.3 Å². The predicted molar refractivity (Wildman–Crippen MR) is 114 cm³/mol. The van der Waals surface area contributed by atoms with E-state index in [1.165, 1.54) is 4.90 Å². The Morgan fingerprint density at radius 1 is 1.14 bits per heavy atom. The lowest BCUT2D eigenvalue weighted by Crippen LogP contribution is -2.29. The van der Waals surface area contributed by atoms with Crippen LogP contribution in [0, 0.1) is 0 Å². The quantitative estimate of drug-likeness (QED) is 0.328. The molecule has 1 fully saturated rings. The molecule has 1 aliphatic heterocycles. The molecule has 5 nitrogen and oxygen atoms in total. The number of aliphatic hydroxyl groups excluding tert-OH is 1. The zero-order chi connectivity index (χ0) is 20.4. The molecule has 0 spiro atoms. The van der Waals surface area contributed by atoms with Crippen molar-refractivity contribution < 1.29 is 14.7 Å². The molecule has 0 aliphatic carbocycles. The van der Waals surface area contributed by atoms with Crippen LogP contribution in [0.4, 0.5) is 5.69 Å². The Hall–Kier alpha value is -2.86. The van der Waals surface area contributed by atoms with Gasteiger partial charge in [-0.15, -0.1) is 6.58 Å². The van der Waals surface area contributed by atoms with Gasteiger partial charge in [0.1, 0.15) is 5.76 Å². The standard InChI is InChI=1S/C22H21BrN2O3/c1-4-13-25-19(14-7-11-17(12-8-14)24(2)3)18(21(27)22(25)28)20(26)15-5-9-16(23)10-6-15/h4-12,19,26H,1,13H2,2-3H3. The number of carbonyl (C=O) groups is 2. The average molecular weight is 441 g/mol. The Morgan fingerprint density at radius 3 is 2.29 bits per heavy atom. The van der Waals surface area contributed by atoms with E-state index >= 15 is 0 Å². The van der Waals surface area contributed by atoms with Crippen LogP contribution in [-0.2, 0) is 9.59 Å². The number of halogens is 1. The van der Waals surface area contributed by atoms with Crippen LogP contribution < -0.4 is 4.90 Å². The van der Waals surface area contributed by atoms with Crippen molar-refractivity contribution in [2.75, 3.05) is 25.5 Å². The van der Waals surface area contributed by atoms with Crippen molar-refractivity contribution in [2.45, 2.75) is 6.04 Å². The second kappa shape index (κ2) is 8.02. The molecule has 2 aromatic rings. The Morgan fingerprint density at radius 2 is 1.75 bits per heavy atom. The van der Waals surface area contributed by atoms with Crippen LogP contribution in [0.1, 0.15) is 17.2 Å². The van der Waals surface area contributed by atoms with Crippen molar-refractivity contribution in [3.63, 3.8) is 0 Å². The summed E-state index contributed by atoms with van der Waals surface area (Å²) in [5.41, 5.74) is 2.32. The summed E-state index contributed by atoms with van der Waals surface area (Å²) in [4.78, 5) is 28.8. The van der Waals surface area contributed by atoms with Gasteiger partial charge in [0.25, 0.3) is 11.7 Å². The number of benzene rings is 2. The third-order valence-corrected chi connectivity index (χ3v) is 5.24. The van der Waals surface area contributed by atoms with Gasteiger partial charge in [0.15, 0.2) is 0 Å². The summed E-state index contributed by atoms with van der Waals surface area (Å²) < 4.78 is 0.854. The van der Waals surface area contributed by atoms with Gasteiger partial charge in [0, 0.05) is 36.4 Å². The molecule has 1 amide bonds. The number of nitrogens with zero attached hydrogens (tertiary/aromatic N) is 2. The van der Waals surface area contributed by atoms with Crippen molar-refractivity contribution in [2.24, 2.45) is 0 Å². The molecule has 6 heteroatoms. The predicted octanol–water partition coefficient (Wildman–Crippen LogP) is 4.12. The fraction of sp³-hybridized carbons (Fsp3) is 0.182. The minimum absolute atomic E-state index is 0.0896. The second-order valence-corrected chi connectivity index (χ2v) is 7.65. The number of hydrogen-bond acceptors (Lipinski definition) is 4. The van der Waals surface area contributed by atoms with Gasteiger partial charge in [0.2, 0.25) is 0 Å². The molecule has 28 heavy (non-hydrogen) atoms. The van der Waals surface area contributed by atoms with E-state index in [1.54, 1.807) is 30.3 Å². The summed E-state index contributed by atoms with van der Waals surface area (Å²) in [6.07, 6.45) is 1.58. The minimum atomic E-state index is -0.691. The van der Waals surface area contributed by atoms with E-state index in [-0.39, 0.29) is 17.9 Å². The molecule has 0 saturated carbocycles. The average Bonchev–Trinajstić information content (AvgIpc) is 2.93. The zero-order valence-electron chi connectivity index (χ0n) is 15.7. The van der Waals surface area contributed by atoms with Gasteiger partial charge in [0.05, 0.1) is 11.6 Å². The molecule has 1 aliphatic rings. The first-order valence-electron chi connectivity index (χ1n) is 8.77. The van der Waals surface area contributed by atoms with Gasteiger partial charge < -0.3 is 14.9 Å². The zero-order valence-corrected chi connectivity index (χ0v) is 17.3. The van der Waals surface area contributed by atoms with Crippen molar-refractivity contribution >= 4 is 39.1 Å². The number of aliphatic hydroxyl groups is 1. The lowest BCUT2D eigenvalue weighted by Gasteiger charge is -2.24. The molecule has 144 valence electrons. The highest BCUT2D eigenvalue weighted by Gasteiger charge is 2.45. The SMILES string of the molecule is C=CCN1C(=O)C(=O)C(=C(O)c2ccc(Br)cc2)C1c1ccc(N(C)C)cc1. The molecule has 2 aromatic carbocycles. The summed E-state index contributed by atoms with van der Waals surface area (Å²) in [5, 5.41) is 10.9. The number of rotatable bonds is 5. The normalized spacial score (nSPS) is 18.4. The van der Waals surface area contributed by atoms with Crippen LogP contribution in [0.2, 0.25) is 0 Å². The highest BCUT2D eigenvalue weighted by Crippen LogP contribution is 2.39. The van der Waals surface area contributed by atoms with E-state index in [0.29, 0.717) is 5.56 Å². The number of Topliss-reactive ketones (excluding diaryl/α,β-unsaturated/α-hetero) is 1. The Labute approximate surface area is 172 Å². The maximum Gasteiger partial charge on any atom is 0.295 e. The maximum atomic E-state index is 12.8. The molecule has 1 heterocycles. The number of anilines is 1. The molecule has 0 aromatic heterocycles. The minimum Gasteiger partial charge on any atom is -0.507 e. The van der Waals surface area contributed by atoms with E-state index in [4.69, 9.17) is 0 Å². The third kappa shape index (κ3) is 3.60. The van der Waals surface area contributed by atoms with E-state index in [9.17, 15) is 14.7 Å². The summed E-state index contributed by atoms with van der Waals surface area (Å²) in [6.45, 7) is 3.90. The van der Waals surface area contributed by atoms with Gasteiger partial charge in [-0.3, -0.25) is 9.59 Å². The highest BCUT2D eigenvalue weighted by atomic mass is 79.9. The molecule has 1 saturated heterocycles. The summed E-state index contributed by atoms with van der Waals surface area (Å²) in [5.74, 6) is -1.51. The monoisotopic (exact) mass is 440 g/mol. The summed E-state index contributed by atoms with van der Waals surface area (Å²) >= 11 is 3.35. The molecular formula is C22H21BrN2O3. The van der Waals surface area contributed by atoms with Crippen molar-refractivity contribution in [1.29, 1.82) is 0 Å². The first-order valence-corrected chi connectivity index (χ1v) is 9.57. The van der Waals surface area contributed by atoms with Gasteiger partial charge in [-0.25, -0.2) is 0 Å². The number of amides is 1. The molecule has 3 rings (SSSR count).